The van der Waals surface area contributed by atoms with Crippen LogP contribution in [-0.2, 0) is 4.74 Å². The minimum atomic E-state index is -0.258. The molecule has 1 atom stereocenters. The molecule has 164 valence electrons. The van der Waals surface area contributed by atoms with Gasteiger partial charge in [-0.2, -0.15) is 0 Å². The van der Waals surface area contributed by atoms with Crippen molar-refractivity contribution in [3.05, 3.63) is 75.7 Å². The summed E-state index contributed by atoms with van der Waals surface area (Å²) in [6.45, 7) is 4.43. The molecule has 1 aliphatic carbocycles. The minimum absolute atomic E-state index is 0. The average molecular weight is 478 g/mol. The molecule has 8 heteroatoms. The second kappa shape index (κ2) is 10.0. The lowest BCUT2D eigenvalue weighted by atomic mass is 9.98. The van der Waals surface area contributed by atoms with Crippen molar-refractivity contribution in [3.63, 3.8) is 0 Å². The average Bonchev–Trinajstić information content (AvgIpc) is 3.33. The summed E-state index contributed by atoms with van der Waals surface area (Å²) in [6, 6.07) is 16.7. The monoisotopic (exact) mass is 477 g/mol. The highest BCUT2D eigenvalue weighted by Gasteiger charge is 2.33. The Morgan fingerprint density at radius 3 is 2.39 bits per heavy atom. The standard InChI is InChI=1S/C23H23N3O2S.2ClH/c1-15-14-29-22(25-15)21-12-24-10-11-26(21)23(27)28-13-20-18-8-4-2-6-16(18)17-7-3-5-9-19(17)20;;/h2-9,14,20-21,24H,10-13H2,1H3;2*1H. The maximum absolute atomic E-state index is 13.0. The van der Waals surface area contributed by atoms with Crippen molar-refractivity contribution >= 4 is 42.2 Å². The fraction of sp³-hybridized carbons (Fsp3) is 0.304. The number of hydrogen-bond acceptors (Lipinski definition) is 5. The number of aromatic nitrogens is 1. The topological polar surface area (TPSA) is 54.5 Å². The Hall–Kier alpha value is -2.12. The van der Waals surface area contributed by atoms with Crippen LogP contribution < -0.4 is 5.32 Å². The van der Waals surface area contributed by atoms with E-state index in [2.05, 4.69) is 58.8 Å². The van der Waals surface area contributed by atoms with Gasteiger partial charge in [0.2, 0.25) is 0 Å². The zero-order valence-corrected chi connectivity index (χ0v) is 19.6. The number of amides is 1. The molecule has 2 aromatic carbocycles. The molecule has 1 amide bonds. The Balaban J connectivity index is 0.00000136. The molecule has 0 bridgehead atoms. The molecule has 5 nitrogen and oxygen atoms in total. The molecular weight excluding hydrogens is 453 g/mol. The maximum atomic E-state index is 13.0. The molecule has 0 spiro atoms. The van der Waals surface area contributed by atoms with Gasteiger partial charge in [-0.1, -0.05) is 48.5 Å². The highest BCUT2D eigenvalue weighted by atomic mass is 35.5. The van der Waals surface area contributed by atoms with Gasteiger partial charge in [0, 0.05) is 36.6 Å². The predicted molar refractivity (Wildman–Crippen MR) is 129 cm³/mol. The molecule has 5 rings (SSSR count). The molecule has 1 unspecified atom stereocenters. The Bertz CT molecular complexity index is 1010. The van der Waals surface area contributed by atoms with Crippen molar-refractivity contribution in [2.75, 3.05) is 26.2 Å². The van der Waals surface area contributed by atoms with Gasteiger partial charge in [-0.05, 0) is 29.2 Å². The van der Waals surface area contributed by atoms with E-state index in [-0.39, 0.29) is 42.9 Å². The third-order valence-corrected chi connectivity index (χ3v) is 6.80. The minimum Gasteiger partial charge on any atom is -0.448 e. The fourth-order valence-corrected chi connectivity index (χ4v) is 5.25. The Labute approximate surface area is 198 Å². The molecule has 1 fully saturated rings. The van der Waals surface area contributed by atoms with Crippen LogP contribution in [0.1, 0.15) is 33.8 Å². The van der Waals surface area contributed by atoms with Crippen LogP contribution in [0, 0.1) is 6.92 Å². The van der Waals surface area contributed by atoms with Gasteiger partial charge < -0.3 is 10.1 Å². The quantitative estimate of drug-likeness (QED) is 0.563. The molecule has 1 aliphatic heterocycles. The van der Waals surface area contributed by atoms with Crippen molar-refractivity contribution < 1.29 is 9.53 Å². The largest absolute Gasteiger partial charge is 0.448 e. The smallest absolute Gasteiger partial charge is 0.410 e. The first kappa shape index (κ1) is 23.5. The van der Waals surface area contributed by atoms with E-state index in [1.54, 1.807) is 11.3 Å². The third-order valence-electron chi connectivity index (χ3n) is 5.74. The highest BCUT2D eigenvalue weighted by molar-refractivity contribution is 7.09. The number of thiazole rings is 1. The first-order chi connectivity index (χ1) is 14.2. The molecule has 1 saturated heterocycles. The third kappa shape index (κ3) is 4.44. The highest BCUT2D eigenvalue weighted by Crippen LogP contribution is 2.44. The van der Waals surface area contributed by atoms with E-state index >= 15 is 0 Å². The second-order valence-electron chi connectivity index (χ2n) is 7.54. The number of benzene rings is 2. The number of fused-ring (bicyclic) bond motifs is 3. The first-order valence-electron chi connectivity index (χ1n) is 9.97. The number of aryl methyl sites for hydroxylation is 1. The number of nitrogens with zero attached hydrogens (tertiary/aromatic N) is 2. The maximum Gasteiger partial charge on any atom is 0.410 e. The number of rotatable bonds is 3. The van der Waals surface area contributed by atoms with Gasteiger partial charge in [0.05, 0.1) is 6.04 Å². The van der Waals surface area contributed by atoms with Crippen LogP contribution >= 0.6 is 36.2 Å². The second-order valence-corrected chi connectivity index (χ2v) is 8.43. The molecule has 2 heterocycles. The fourth-order valence-electron chi connectivity index (χ4n) is 4.35. The number of carbonyl (C=O) groups is 1. The van der Waals surface area contributed by atoms with Gasteiger partial charge in [-0.25, -0.2) is 9.78 Å². The lowest BCUT2D eigenvalue weighted by molar-refractivity contribution is 0.0751. The summed E-state index contributed by atoms with van der Waals surface area (Å²) in [4.78, 5) is 19.4. The van der Waals surface area contributed by atoms with Crippen LogP contribution in [0.4, 0.5) is 4.79 Å². The summed E-state index contributed by atoms with van der Waals surface area (Å²) in [5.41, 5.74) is 5.93. The summed E-state index contributed by atoms with van der Waals surface area (Å²) in [5.74, 6) is 0.0785. The van der Waals surface area contributed by atoms with Crippen LogP contribution in [0.3, 0.4) is 0 Å². The summed E-state index contributed by atoms with van der Waals surface area (Å²) in [6.07, 6.45) is -0.258. The zero-order valence-electron chi connectivity index (χ0n) is 17.1. The number of nitrogens with one attached hydrogen (secondary N) is 1. The Morgan fingerprint density at radius 1 is 1.13 bits per heavy atom. The molecule has 0 saturated carbocycles. The van der Waals surface area contributed by atoms with E-state index in [1.165, 1.54) is 22.3 Å². The molecule has 1 N–H and O–H groups in total. The molecule has 2 aliphatic rings. The lowest BCUT2D eigenvalue weighted by Gasteiger charge is -2.34. The molecule has 3 aromatic rings. The molecule has 1 aromatic heterocycles. The van der Waals surface area contributed by atoms with Crippen molar-refractivity contribution in [2.24, 2.45) is 0 Å². The first-order valence-corrected chi connectivity index (χ1v) is 10.8. The number of hydrogen-bond donors (Lipinski definition) is 1. The predicted octanol–water partition coefficient (Wildman–Crippen LogP) is 5.19. The Morgan fingerprint density at radius 2 is 1.77 bits per heavy atom. The normalized spacial score (nSPS) is 17.2. The number of halogens is 2. The van der Waals surface area contributed by atoms with E-state index in [9.17, 15) is 4.79 Å². The van der Waals surface area contributed by atoms with E-state index < -0.39 is 0 Å². The Kier molecular flexibility index (Phi) is 7.59. The van der Waals surface area contributed by atoms with Crippen molar-refractivity contribution in [1.82, 2.24) is 15.2 Å². The van der Waals surface area contributed by atoms with Crippen molar-refractivity contribution in [3.8, 4) is 11.1 Å². The van der Waals surface area contributed by atoms with Gasteiger partial charge >= 0.3 is 6.09 Å². The summed E-state index contributed by atoms with van der Waals surface area (Å²) in [5, 5.41) is 6.36. The van der Waals surface area contributed by atoms with E-state index in [1.807, 2.05) is 17.2 Å². The lowest BCUT2D eigenvalue weighted by Crippen LogP contribution is -2.49. The number of ether oxygens (including phenoxy) is 1. The van der Waals surface area contributed by atoms with Crippen LogP contribution in [-0.4, -0.2) is 42.2 Å². The van der Waals surface area contributed by atoms with Crippen LogP contribution in [0.5, 0.6) is 0 Å². The number of piperazine rings is 1. The molecule has 0 radical (unpaired) electrons. The van der Waals surface area contributed by atoms with Crippen molar-refractivity contribution in [2.45, 2.75) is 18.9 Å². The van der Waals surface area contributed by atoms with E-state index in [4.69, 9.17) is 4.74 Å². The van der Waals surface area contributed by atoms with Crippen LogP contribution in [0.2, 0.25) is 0 Å². The summed E-state index contributed by atoms with van der Waals surface area (Å²) < 4.78 is 5.87. The van der Waals surface area contributed by atoms with E-state index in [0.29, 0.717) is 19.7 Å². The zero-order chi connectivity index (χ0) is 19.8. The van der Waals surface area contributed by atoms with Crippen LogP contribution in [0.15, 0.2) is 53.9 Å². The van der Waals surface area contributed by atoms with Gasteiger partial charge in [0.1, 0.15) is 11.6 Å². The van der Waals surface area contributed by atoms with Gasteiger partial charge in [-0.15, -0.1) is 36.2 Å². The van der Waals surface area contributed by atoms with Gasteiger partial charge in [-0.3, -0.25) is 4.90 Å². The van der Waals surface area contributed by atoms with Gasteiger partial charge in [0.25, 0.3) is 0 Å². The summed E-state index contributed by atoms with van der Waals surface area (Å²) in [7, 11) is 0. The van der Waals surface area contributed by atoms with Crippen molar-refractivity contribution in [1.29, 1.82) is 0 Å². The summed E-state index contributed by atoms with van der Waals surface area (Å²) >= 11 is 1.60. The SMILES string of the molecule is Cc1csc(C2CNCCN2C(=O)OCC2c3ccccc3-c3ccccc32)n1.Cl.Cl. The number of carbonyl (C=O) groups excluding carboxylic acids is 1. The molecular formula is C23H25Cl2N3O2S. The van der Waals surface area contributed by atoms with Crippen LogP contribution in [0.25, 0.3) is 11.1 Å². The molecule has 31 heavy (non-hydrogen) atoms. The van der Waals surface area contributed by atoms with E-state index in [0.717, 1.165) is 17.2 Å². The van der Waals surface area contributed by atoms with Gasteiger partial charge in [0.15, 0.2) is 0 Å².